The Balaban J connectivity index is 1.59. The Kier molecular flexibility index (Phi) is 6.95. The van der Waals surface area contributed by atoms with Crippen LogP contribution in [0.4, 0.5) is 0 Å². The van der Waals surface area contributed by atoms with Gasteiger partial charge in [0.15, 0.2) is 5.11 Å². The van der Waals surface area contributed by atoms with E-state index in [0.717, 1.165) is 28.0 Å². The van der Waals surface area contributed by atoms with Crippen molar-refractivity contribution in [1.29, 1.82) is 0 Å². The summed E-state index contributed by atoms with van der Waals surface area (Å²) in [5, 5.41) is 4.68. The number of nitrogens with one attached hydrogen (secondary N) is 2. The smallest absolute Gasteiger partial charge is 0.253 e. The maximum atomic E-state index is 12.9. The van der Waals surface area contributed by atoms with Gasteiger partial charge in [-0.2, -0.15) is 0 Å². The number of methoxy groups -OCH3 is 2. The fourth-order valence-electron chi connectivity index (χ4n) is 3.51. The first kappa shape index (κ1) is 22.4. The Hall–Kier alpha value is -3.78. The van der Waals surface area contributed by atoms with Crippen molar-refractivity contribution >= 4 is 28.2 Å². The minimum Gasteiger partial charge on any atom is -0.497 e. The number of thiocarbonyl (C=S) groups is 1. The van der Waals surface area contributed by atoms with Crippen molar-refractivity contribution in [3.8, 4) is 11.5 Å². The van der Waals surface area contributed by atoms with Crippen molar-refractivity contribution in [2.24, 2.45) is 0 Å². The van der Waals surface area contributed by atoms with Gasteiger partial charge in [-0.25, -0.2) is 0 Å². The van der Waals surface area contributed by atoms with Crippen molar-refractivity contribution in [3.63, 3.8) is 0 Å². The SMILES string of the molecule is COc1ccc(CN(Cc2cc3ccc(OC)cc3[nH]c2=O)C(=S)NCc2ccco2)cc1. The highest BCUT2D eigenvalue weighted by molar-refractivity contribution is 7.80. The second kappa shape index (κ2) is 10.2. The first-order chi connectivity index (χ1) is 16.1. The molecule has 4 aromatic rings. The van der Waals surface area contributed by atoms with Crippen LogP contribution in [0.25, 0.3) is 10.9 Å². The number of aromatic amines is 1. The summed E-state index contributed by atoms with van der Waals surface area (Å²) in [6, 6.07) is 19.0. The summed E-state index contributed by atoms with van der Waals surface area (Å²) in [5.41, 5.74) is 2.22. The fraction of sp³-hybridized carbons (Fsp3) is 0.200. The van der Waals surface area contributed by atoms with Crippen LogP contribution in [0.1, 0.15) is 16.9 Å². The standard InChI is InChI=1S/C25H25N3O4S/c1-30-20-8-5-17(6-9-20)15-28(25(33)26-14-22-4-3-11-32-22)16-19-12-18-7-10-21(31-2)13-23(18)27-24(19)29/h3-13H,14-16H2,1-2H3,(H,26,33)(H,27,29). The van der Waals surface area contributed by atoms with Gasteiger partial charge in [-0.1, -0.05) is 12.1 Å². The van der Waals surface area contributed by atoms with Crippen LogP contribution in [0.5, 0.6) is 11.5 Å². The lowest BCUT2D eigenvalue weighted by atomic mass is 10.1. The van der Waals surface area contributed by atoms with Crippen molar-refractivity contribution < 1.29 is 13.9 Å². The second-order valence-corrected chi connectivity index (χ2v) is 7.91. The molecule has 2 aromatic heterocycles. The Labute approximate surface area is 196 Å². The van der Waals surface area contributed by atoms with Crippen LogP contribution >= 0.6 is 12.2 Å². The van der Waals surface area contributed by atoms with E-state index in [1.807, 2.05) is 65.6 Å². The number of benzene rings is 2. The summed E-state index contributed by atoms with van der Waals surface area (Å²) >= 11 is 5.69. The van der Waals surface area contributed by atoms with E-state index < -0.39 is 0 Å². The van der Waals surface area contributed by atoms with Crippen LogP contribution in [0.3, 0.4) is 0 Å². The van der Waals surface area contributed by atoms with Crippen LogP contribution < -0.4 is 20.3 Å². The molecule has 0 unspecified atom stereocenters. The average Bonchev–Trinajstić information content (AvgIpc) is 3.36. The number of furan rings is 1. The van der Waals surface area contributed by atoms with E-state index in [4.69, 9.17) is 26.1 Å². The maximum absolute atomic E-state index is 12.9. The van der Waals surface area contributed by atoms with Gasteiger partial charge < -0.3 is 29.1 Å². The number of aromatic nitrogens is 1. The third kappa shape index (κ3) is 5.53. The van der Waals surface area contributed by atoms with Crippen LogP contribution in [-0.2, 0) is 19.6 Å². The molecule has 2 N–H and O–H groups in total. The van der Waals surface area contributed by atoms with Crippen LogP contribution in [0.15, 0.2) is 76.1 Å². The Morgan fingerprint density at radius 1 is 1.03 bits per heavy atom. The fourth-order valence-corrected chi connectivity index (χ4v) is 3.72. The summed E-state index contributed by atoms with van der Waals surface area (Å²) in [6.07, 6.45) is 1.62. The van der Waals surface area contributed by atoms with E-state index in [1.165, 1.54) is 0 Å². The van der Waals surface area contributed by atoms with Crippen molar-refractivity contribution in [1.82, 2.24) is 15.2 Å². The van der Waals surface area contributed by atoms with Gasteiger partial charge in [-0.15, -0.1) is 0 Å². The Morgan fingerprint density at radius 3 is 2.48 bits per heavy atom. The van der Waals surface area contributed by atoms with Gasteiger partial charge >= 0.3 is 0 Å². The van der Waals surface area contributed by atoms with Gasteiger partial charge in [0.05, 0.1) is 39.1 Å². The van der Waals surface area contributed by atoms with Gasteiger partial charge in [0.25, 0.3) is 5.56 Å². The molecule has 4 rings (SSSR count). The highest BCUT2D eigenvalue weighted by Crippen LogP contribution is 2.20. The number of fused-ring (bicyclic) bond motifs is 1. The maximum Gasteiger partial charge on any atom is 0.253 e. The number of ether oxygens (including phenoxy) is 2. The Bertz CT molecular complexity index is 1280. The number of pyridine rings is 1. The number of rotatable bonds is 8. The largest absolute Gasteiger partial charge is 0.497 e. The molecule has 0 saturated carbocycles. The van der Waals surface area contributed by atoms with E-state index in [1.54, 1.807) is 20.5 Å². The molecule has 0 aliphatic heterocycles. The molecule has 0 radical (unpaired) electrons. The van der Waals surface area contributed by atoms with Gasteiger partial charge in [0, 0.05) is 18.2 Å². The zero-order chi connectivity index (χ0) is 23.2. The number of hydrogen-bond acceptors (Lipinski definition) is 5. The molecule has 0 atom stereocenters. The lowest BCUT2D eigenvalue weighted by Crippen LogP contribution is -2.39. The average molecular weight is 464 g/mol. The van der Waals surface area contributed by atoms with Gasteiger partial charge in [-0.3, -0.25) is 4.79 Å². The summed E-state index contributed by atoms with van der Waals surface area (Å²) in [4.78, 5) is 17.8. The first-order valence-electron chi connectivity index (χ1n) is 10.4. The van der Waals surface area contributed by atoms with E-state index >= 15 is 0 Å². The molecule has 0 spiro atoms. The summed E-state index contributed by atoms with van der Waals surface area (Å²) < 4.78 is 15.9. The Morgan fingerprint density at radius 2 is 1.79 bits per heavy atom. The van der Waals surface area contributed by atoms with Gasteiger partial charge in [-0.05, 0) is 65.6 Å². The number of nitrogens with zero attached hydrogens (tertiary/aromatic N) is 1. The summed E-state index contributed by atoms with van der Waals surface area (Å²) in [5.74, 6) is 2.25. The third-order valence-corrected chi connectivity index (χ3v) is 5.71. The molecular weight excluding hydrogens is 438 g/mol. The molecule has 0 bridgehead atoms. The topological polar surface area (TPSA) is 79.7 Å². The predicted octanol–water partition coefficient (Wildman–Crippen LogP) is 4.22. The van der Waals surface area contributed by atoms with E-state index in [-0.39, 0.29) is 5.56 Å². The van der Waals surface area contributed by atoms with Crippen molar-refractivity contribution in [2.75, 3.05) is 14.2 Å². The van der Waals surface area contributed by atoms with Gasteiger partial charge in [0.1, 0.15) is 17.3 Å². The van der Waals surface area contributed by atoms with E-state index in [9.17, 15) is 4.79 Å². The highest BCUT2D eigenvalue weighted by atomic mass is 32.1. The number of hydrogen-bond donors (Lipinski definition) is 2. The van der Waals surface area contributed by atoms with Crippen LogP contribution in [-0.4, -0.2) is 29.2 Å². The lowest BCUT2D eigenvalue weighted by molar-refractivity contribution is 0.391. The van der Waals surface area contributed by atoms with Crippen molar-refractivity contribution in [3.05, 3.63) is 94.2 Å². The molecule has 33 heavy (non-hydrogen) atoms. The van der Waals surface area contributed by atoms with E-state index in [2.05, 4.69) is 10.3 Å². The summed E-state index contributed by atoms with van der Waals surface area (Å²) in [6.45, 7) is 1.32. The minimum atomic E-state index is -0.163. The molecule has 170 valence electrons. The van der Waals surface area contributed by atoms with Crippen molar-refractivity contribution in [2.45, 2.75) is 19.6 Å². The molecule has 0 saturated heterocycles. The molecule has 0 aliphatic rings. The lowest BCUT2D eigenvalue weighted by Gasteiger charge is -2.26. The molecule has 2 heterocycles. The zero-order valence-corrected chi connectivity index (χ0v) is 19.3. The third-order valence-electron chi connectivity index (χ3n) is 5.30. The first-order valence-corrected chi connectivity index (χ1v) is 10.8. The number of H-pyrrole nitrogens is 1. The predicted molar refractivity (Wildman–Crippen MR) is 132 cm³/mol. The van der Waals surface area contributed by atoms with Crippen LogP contribution in [0.2, 0.25) is 0 Å². The van der Waals surface area contributed by atoms with Crippen LogP contribution in [0, 0.1) is 0 Å². The quantitative estimate of drug-likeness (QED) is 0.379. The molecular formula is C25H25N3O4S. The second-order valence-electron chi connectivity index (χ2n) is 7.52. The van der Waals surface area contributed by atoms with E-state index in [0.29, 0.717) is 36.1 Å². The molecule has 8 heteroatoms. The molecule has 2 aromatic carbocycles. The molecule has 0 aliphatic carbocycles. The minimum absolute atomic E-state index is 0.163. The summed E-state index contributed by atoms with van der Waals surface area (Å²) in [7, 11) is 3.23. The monoisotopic (exact) mass is 463 g/mol. The highest BCUT2D eigenvalue weighted by Gasteiger charge is 2.15. The zero-order valence-electron chi connectivity index (χ0n) is 18.5. The molecule has 7 nitrogen and oxygen atoms in total. The molecule has 0 fully saturated rings. The normalized spacial score (nSPS) is 10.7. The van der Waals surface area contributed by atoms with Gasteiger partial charge in [0.2, 0.25) is 0 Å². The molecule has 0 amide bonds.